The lowest BCUT2D eigenvalue weighted by Crippen LogP contribution is -2.01. The van der Waals surface area contributed by atoms with E-state index in [1.165, 1.54) is 0 Å². The number of nitriles is 2. The molecule has 0 radical (unpaired) electrons. The van der Waals surface area contributed by atoms with Gasteiger partial charge < -0.3 is 10.7 Å². The van der Waals surface area contributed by atoms with E-state index in [1.807, 2.05) is 12.1 Å². The molecule has 0 aliphatic rings. The second kappa shape index (κ2) is 5.52. The first kappa shape index (κ1) is 14.4. The van der Waals surface area contributed by atoms with Gasteiger partial charge in [0.2, 0.25) is 0 Å². The van der Waals surface area contributed by atoms with Crippen molar-refractivity contribution in [1.29, 1.82) is 10.5 Å². The number of hydrogen-bond donors (Lipinski definition) is 2. The first-order valence-corrected chi connectivity index (χ1v) is 6.47. The van der Waals surface area contributed by atoms with Crippen molar-refractivity contribution in [3.05, 3.63) is 44.0 Å². The standard InChI is InChI=1S/C13H6Cl2N4S/c14-9-2-1-6(3-10(9)15)11-7(4-16)12(18)19-13(20)8(11)5-17/h1-3H,(H3,18,19,20). The molecule has 3 N–H and O–H groups in total. The summed E-state index contributed by atoms with van der Waals surface area (Å²) in [6, 6.07) is 8.75. The molecule has 0 bridgehead atoms. The Kier molecular flexibility index (Phi) is 3.96. The molecule has 0 saturated heterocycles. The molecule has 1 aromatic carbocycles. The van der Waals surface area contributed by atoms with Crippen molar-refractivity contribution in [2.75, 3.05) is 5.73 Å². The minimum Gasteiger partial charge on any atom is -0.384 e. The fraction of sp³-hybridized carbons (Fsp3) is 0. The van der Waals surface area contributed by atoms with Gasteiger partial charge in [-0.2, -0.15) is 10.5 Å². The largest absolute Gasteiger partial charge is 0.384 e. The Hall–Kier alpha value is -2.05. The van der Waals surface area contributed by atoms with Gasteiger partial charge in [0.05, 0.1) is 15.6 Å². The maximum atomic E-state index is 9.25. The molecule has 1 aromatic heterocycles. The highest BCUT2D eigenvalue weighted by Gasteiger charge is 2.17. The number of aromatic nitrogens is 1. The predicted molar refractivity (Wildman–Crippen MR) is 80.9 cm³/mol. The molecule has 1 heterocycles. The molecule has 0 fully saturated rings. The van der Waals surface area contributed by atoms with Crippen LogP contribution in [0.15, 0.2) is 18.2 Å². The number of aromatic amines is 1. The Balaban J connectivity index is 2.92. The van der Waals surface area contributed by atoms with Gasteiger partial charge >= 0.3 is 0 Å². The molecule has 0 aliphatic carbocycles. The maximum Gasteiger partial charge on any atom is 0.123 e. The molecule has 0 atom stereocenters. The fourth-order valence-electron chi connectivity index (χ4n) is 1.78. The number of halogens is 2. The Morgan fingerprint density at radius 1 is 1.10 bits per heavy atom. The van der Waals surface area contributed by atoms with Crippen LogP contribution in [-0.4, -0.2) is 4.98 Å². The van der Waals surface area contributed by atoms with Crippen LogP contribution in [0.5, 0.6) is 0 Å². The monoisotopic (exact) mass is 320 g/mol. The van der Waals surface area contributed by atoms with Crippen molar-refractivity contribution >= 4 is 41.2 Å². The number of nitrogens with two attached hydrogens (primary N) is 1. The summed E-state index contributed by atoms with van der Waals surface area (Å²) >= 11 is 16.9. The number of nitrogens with one attached hydrogen (secondary N) is 1. The zero-order valence-corrected chi connectivity index (χ0v) is 12.2. The highest BCUT2D eigenvalue weighted by Crippen LogP contribution is 2.34. The maximum absolute atomic E-state index is 9.25. The average molecular weight is 321 g/mol. The normalized spacial score (nSPS) is 9.80. The van der Waals surface area contributed by atoms with Crippen molar-refractivity contribution < 1.29 is 0 Å². The second-order valence-electron chi connectivity index (χ2n) is 3.85. The number of nitrogens with zero attached hydrogens (tertiary/aromatic N) is 2. The van der Waals surface area contributed by atoms with Crippen molar-refractivity contribution in [2.45, 2.75) is 0 Å². The molecule has 0 amide bonds. The van der Waals surface area contributed by atoms with E-state index in [0.29, 0.717) is 21.2 Å². The summed E-state index contributed by atoms with van der Waals surface area (Å²) < 4.78 is 0.171. The SMILES string of the molecule is N#Cc1c(N)[nH]c(=S)c(C#N)c1-c1ccc(Cl)c(Cl)c1. The number of hydrogen-bond acceptors (Lipinski definition) is 4. The van der Waals surface area contributed by atoms with Crippen LogP contribution in [0.2, 0.25) is 10.0 Å². The third-order valence-electron chi connectivity index (χ3n) is 2.68. The molecule has 2 aromatic rings. The number of benzene rings is 1. The van der Waals surface area contributed by atoms with E-state index in [9.17, 15) is 10.5 Å². The van der Waals surface area contributed by atoms with E-state index in [2.05, 4.69) is 4.98 Å². The summed E-state index contributed by atoms with van der Waals surface area (Å²) in [6.45, 7) is 0. The van der Waals surface area contributed by atoms with Crippen LogP contribution < -0.4 is 5.73 Å². The Bertz CT molecular complexity index is 843. The Morgan fingerprint density at radius 2 is 1.75 bits per heavy atom. The molecule has 2 rings (SSSR count). The molecule has 98 valence electrons. The number of nitrogen functional groups attached to an aromatic ring is 1. The van der Waals surface area contributed by atoms with Gasteiger partial charge in [-0.25, -0.2) is 0 Å². The summed E-state index contributed by atoms with van der Waals surface area (Å²) in [5.41, 5.74) is 6.98. The molecule has 0 spiro atoms. The van der Waals surface area contributed by atoms with Crippen molar-refractivity contribution in [2.24, 2.45) is 0 Å². The van der Waals surface area contributed by atoms with Gasteiger partial charge in [0.1, 0.15) is 28.2 Å². The highest BCUT2D eigenvalue weighted by molar-refractivity contribution is 7.71. The summed E-state index contributed by atoms with van der Waals surface area (Å²) in [5.74, 6) is 0.109. The minimum absolute atomic E-state index is 0.109. The molecule has 7 heteroatoms. The van der Waals surface area contributed by atoms with Crippen LogP contribution in [0.25, 0.3) is 11.1 Å². The third-order valence-corrected chi connectivity index (χ3v) is 3.72. The Labute approximate surface area is 130 Å². The van der Waals surface area contributed by atoms with Crippen LogP contribution in [-0.2, 0) is 0 Å². The lowest BCUT2D eigenvalue weighted by Gasteiger charge is -2.10. The molecular weight excluding hydrogens is 315 g/mol. The van der Waals surface area contributed by atoms with Crippen molar-refractivity contribution in [3.8, 4) is 23.3 Å². The molecule has 0 unspecified atom stereocenters. The second-order valence-corrected chi connectivity index (χ2v) is 5.07. The lowest BCUT2D eigenvalue weighted by atomic mass is 9.97. The van der Waals surface area contributed by atoms with E-state index in [4.69, 9.17) is 41.2 Å². The van der Waals surface area contributed by atoms with Crippen LogP contribution in [0.4, 0.5) is 5.82 Å². The van der Waals surface area contributed by atoms with Crippen LogP contribution in [0.1, 0.15) is 11.1 Å². The van der Waals surface area contributed by atoms with Gasteiger partial charge in [0.15, 0.2) is 0 Å². The van der Waals surface area contributed by atoms with Crippen LogP contribution >= 0.6 is 35.4 Å². The van der Waals surface area contributed by atoms with Crippen LogP contribution in [0.3, 0.4) is 0 Å². The van der Waals surface area contributed by atoms with Gasteiger partial charge in [-0.05, 0) is 17.7 Å². The number of rotatable bonds is 1. The van der Waals surface area contributed by atoms with E-state index in [0.717, 1.165) is 0 Å². The smallest absolute Gasteiger partial charge is 0.123 e. The van der Waals surface area contributed by atoms with Gasteiger partial charge in [-0.3, -0.25) is 0 Å². The van der Waals surface area contributed by atoms with E-state index in [-0.39, 0.29) is 21.6 Å². The van der Waals surface area contributed by atoms with Gasteiger partial charge in [0, 0.05) is 5.56 Å². The Morgan fingerprint density at radius 3 is 2.30 bits per heavy atom. The lowest BCUT2D eigenvalue weighted by molar-refractivity contribution is 1.26. The molecule has 20 heavy (non-hydrogen) atoms. The summed E-state index contributed by atoms with van der Waals surface area (Å²) in [7, 11) is 0. The third kappa shape index (κ3) is 2.35. The average Bonchev–Trinajstić information content (AvgIpc) is 2.41. The predicted octanol–water partition coefficient (Wildman–Crippen LogP) is 4.04. The van der Waals surface area contributed by atoms with Gasteiger partial charge in [0.25, 0.3) is 0 Å². The molecule has 0 aliphatic heterocycles. The van der Waals surface area contributed by atoms with E-state index >= 15 is 0 Å². The number of H-pyrrole nitrogens is 1. The summed E-state index contributed by atoms with van der Waals surface area (Å²) in [6.07, 6.45) is 0. The number of pyridine rings is 1. The van der Waals surface area contributed by atoms with Gasteiger partial charge in [-0.1, -0.05) is 41.5 Å². The van der Waals surface area contributed by atoms with Gasteiger partial charge in [-0.15, -0.1) is 0 Å². The van der Waals surface area contributed by atoms with Crippen LogP contribution in [0, 0.1) is 27.3 Å². The minimum atomic E-state index is 0.109. The summed E-state index contributed by atoms with van der Waals surface area (Å²) in [4.78, 5) is 2.63. The molecular formula is C13H6Cl2N4S. The summed E-state index contributed by atoms with van der Waals surface area (Å²) in [5, 5.41) is 19.2. The first-order chi connectivity index (χ1) is 9.49. The van der Waals surface area contributed by atoms with Crippen molar-refractivity contribution in [3.63, 3.8) is 0 Å². The number of anilines is 1. The highest BCUT2D eigenvalue weighted by atomic mass is 35.5. The van der Waals surface area contributed by atoms with E-state index in [1.54, 1.807) is 18.2 Å². The van der Waals surface area contributed by atoms with E-state index < -0.39 is 0 Å². The molecule has 0 saturated carbocycles. The zero-order chi connectivity index (χ0) is 14.9. The molecule has 4 nitrogen and oxygen atoms in total. The van der Waals surface area contributed by atoms with Crippen molar-refractivity contribution in [1.82, 2.24) is 4.98 Å². The first-order valence-electron chi connectivity index (χ1n) is 5.31. The topological polar surface area (TPSA) is 89.4 Å². The fourth-order valence-corrected chi connectivity index (χ4v) is 2.34. The quantitative estimate of drug-likeness (QED) is 0.776. The zero-order valence-electron chi connectivity index (χ0n) is 9.87.